The van der Waals surface area contributed by atoms with Crippen LogP contribution in [0.25, 0.3) is 0 Å². The molecule has 0 bridgehead atoms. The lowest BCUT2D eigenvalue weighted by Gasteiger charge is -2.15. The van der Waals surface area contributed by atoms with Gasteiger partial charge in [0.05, 0.1) is 36.5 Å². The first-order chi connectivity index (χ1) is 10.9. The predicted molar refractivity (Wildman–Crippen MR) is 77.7 cm³/mol. The van der Waals surface area contributed by atoms with E-state index >= 15 is 0 Å². The molecule has 1 aromatic carbocycles. The van der Waals surface area contributed by atoms with Gasteiger partial charge >= 0.3 is 5.97 Å². The number of halogens is 3. The van der Waals surface area contributed by atoms with Gasteiger partial charge in [-0.2, -0.15) is 0 Å². The van der Waals surface area contributed by atoms with Crippen molar-refractivity contribution in [2.45, 2.75) is 0 Å². The molecule has 1 aliphatic rings. The van der Waals surface area contributed by atoms with Gasteiger partial charge in [-0.3, -0.25) is 4.79 Å². The van der Waals surface area contributed by atoms with E-state index in [0.29, 0.717) is 6.07 Å². The maximum absolute atomic E-state index is 13.8. The van der Waals surface area contributed by atoms with Crippen molar-refractivity contribution in [1.29, 1.82) is 0 Å². The molecule has 2 rings (SSSR count). The summed E-state index contributed by atoms with van der Waals surface area (Å²) < 4.78 is 31.6. The van der Waals surface area contributed by atoms with Crippen molar-refractivity contribution in [3.63, 3.8) is 0 Å². The lowest BCUT2D eigenvalue weighted by molar-refractivity contribution is -0.136. The van der Waals surface area contributed by atoms with Crippen LogP contribution in [0.3, 0.4) is 0 Å². The molecule has 6 nitrogen and oxygen atoms in total. The molecule has 23 heavy (non-hydrogen) atoms. The molecule has 9 heteroatoms. The average molecular weight is 347 g/mol. The van der Waals surface area contributed by atoms with E-state index in [-0.39, 0.29) is 41.7 Å². The van der Waals surface area contributed by atoms with E-state index < -0.39 is 23.5 Å². The van der Waals surface area contributed by atoms with Gasteiger partial charge < -0.3 is 20.1 Å². The van der Waals surface area contributed by atoms with Crippen molar-refractivity contribution in [3.05, 3.63) is 40.1 Å². The van der Waals surface area contributed by atoms with Gasteiger partial charge in [0, 0.05) is 12.6 Å². The highest BCUT2D eigenvalue weighted by molar-refractivity contribution is 6.31. The smallest absolute Gasteiger partial charge is 0.337 e. The number of aliphatic hydroxyl groups is 1. The molecule has 0 atom stereocenters. The number of aliphatic hydroxyl groups excluding tert-OH is 1. The molecule has 0 saturated carbocycles. The summed E-state index contributed by atoms with van der Waals surface area (Å²) in [6, 6.07) is 1.53. The third kappa shape index (κ3) is 3.43. The number of hydrogen-bond acceptors (Lipinski definition) is 5. The Morgan fingerprint density at radius 3 is 2.74 bits per heavy atom. The third-order valence-electron chi connectivity index (χ3n) is 3.22. The lowest BCUT2D eigenvalue weighted by Crippen LogP contribution is -2.31. The van der Waals surface area contributed by atoms with Crippen molar-refractivity contribution >= 4 is 29.2 Å². The number of methoxy groups -OCH3 is 1. The Bertz CT molecular complexity index is 694. The van der Waals surface area contributed by atoms with Crippen LogP contribution in [-0.4, -0.2) is 48.7 Å². The number of nitrogens with one attached hydrogen (secondary N) is 1. The molecular formula is C14H13ClF2N2O4. The summed E-state index contributed by atoms with van der Waals surface area (Å²) in [4.78, 5) is 25.2. The number of hydrogen-bond donors (Lipinski definition) is 2. The number of esters is 1. The Balaban J connectivity index is 2.39. The monoisotopic (exact) mass is 346 g/mol. The van der Waals surface area contributed by atoms with Crippen LogP contribution in [0.5, 0.6) is 0 Å². The van der Waals surface area contributed by atoms with Crippen LogP contribution in [-0.2, 0) is 14.3 Å². The van der Waals surface area contributed by atoms with Crippen molar-refractivity contribution < 1.29 is 28.2 Å². The molecule has 124 valence electrons. The van der Waals surface area contributed by atoms with E-state index in [9.17, 15) is 18.4 Å². The summed E-state index contributed by atoms with van der Waals surface area (Å²) in [6.07, 6.45) is 0. The van der Waals surface area contributed by atoms with E-state index in [2.05, 4.69) is 10.1 Å². The Hall–Kier alpha value is -2.19. The van der Waals surface area contributed by atoms with E-state index in [1.165, 1.54) is 4.90 Å². The molecule has 1 aromatic rings. The zero-order valence-corrected chi connectivity index (χ0v) is 12.8. The molecule has 1 aliphatic heterocycles. The van der Waals surface area contributed by atoms with Crippen LogP contribution in [0, 0.1) is 11.6 Å². The molecule has 2 N–H and O–H groups in total. The van der Waals surface area contributed by atoms with Crippen molar-refractivity contribution in [2.24, 2.45) is 0 Å². The first kappa shape index (κ1) is 17.2. The second-order valence-electron chi connectivity index (χ2n) is 4.67. The second-order valence-corrected chi connectivity index (χ2v) is 5.07. The fourth-order valence-electron chi connectivity index (χ4n) is 2.10. The zero-order valence-electron chi connectivity index (χ0n) is 12.0. The summed E-state index contributed by atoms with van der Waals surface area (Å²) in [6.45, 7) is -0.397. The quantitative estimate of drug-likeness (QED) is 0.620. The van der Waals surface area contributed by atoms with Crippen molar-refractivity contribution in [1.82, 2.24) is 4.90 Å². The highest BCUT2D eigenvalue weighted by Crippen LogP contribution is 2.27. The molecule has 0 aliphatic carbocycles. The van der Waals surface area contributed by atoms with Gasteiger partial charge in [-0.1, -0.05) is 11.6 Å². The standard InChI is InChI=1S/C14H13ClF2N2O4/c1-23-14(22)7-6-19(2-3-20)13(21)12(7)18-11-4-8(15)9(16)5-10(11)17/h4-5,18,20H,2-3,6H2,1H3. The van der Waals surface area contributed by atoms with Gasteiger partial charge in [0.2, 0.25) is 0 Å². The molecule has 0 spiro atoms. The van der Waals surface area contributed by atoms with Crippen molar-refractivity contribution in [2.75, 3.05) is 32.1 Å². The second kappa shape index (κ2) is 6.93. The van der Waals surface area contributed by atoms with Gasteiger partial charge in [0.25, 0.3) is 5.91 Å². The molecule has 0 aromatic heterocycles. The largest absolute Gasteiger partial charge is 0.466 e. The Morgan fingerprint density at radius 1 is 1.43 bits per heavy atom. The zero-order chi connectivity index (χ0) is 17.1. The van der Waals surface area contributed by atoms with E-state index in [0.717, 1.165) is 13.2 Å². The maximum Gasteiger partial charge on any atom is 0.337 e. The summed E-state index contributed by atoms with van der Waals surface area (Å²) >= 11 is 5.59. The number of carbonyl (C=O) groups is 2. The number of amides is 1. The highest BCUT2D eigenvalue weighted by atomic mass is 35.5. The minimum atomic E-state index is -0.975. The van der Waals surface area contributed by atoms with Gasteiger partial charge in [-0.05, 0) is 6.07 Å². The van der Waals surface area contributed by atoms with Crippen LogP contribution < -0.4 is 5.32 Å². The minimum Gasteiger partial charge on any atom is -0.466 e. The van der Waals surface area contributed by atoms with Gasteiger partial charge in [-0.25, -0.2) is 13.6 Å². The van der Waals surface area contributed by atoms with E-state index in [1.54, 1.807) is 0 Å². The van der Waals surface area contributed by atoms with Crippen LogP contribution in [0.1, 0.15) is 0 Å². The number of anilines is 1. The number of rotatable bonds is 5. The summed E-state index contributed by atoms with van der Waals surface area (Å²) in [5, 5.41) is 11.1. The number of carbonyl (C=O) groups excluding carboxylic acids is 2. The average Bonchev–Trinajstić information content (AvgIpc) is 2.81. The summed E-state index contributed by atoms with van der Waals surface area (Å²) in [5.41, 5.74) is -0.482. The molecule has 0 saturated heterocycles. The SMILES string of the molecule is COC(=O)C1=C(Nc2cc(Cl)c(F)cc2F)C(=O)N(CCO)C1. The van der Waals surface area contributed by atoms with Crippen molar-refractivity contribution in [3.8, 4) is 0 Å². The minimum absolute atomic E-state index is 0.00281. The molecular weight excluding hydrogens is 334 g/mol. The Morgan fingerprint density at radius 2 is 2.13 bits per heavy atom. The first-order valence-electron chi connectivity index (χ1n) is 6.52. The maximum atomic E-state index is 13.8. The topological polar surface area (TPSA) is 78.9 Å². The van der Waals surface area contributed by atoms with Gasteiger partial charge in [-0.15, -0.1) is 0 Å². The van der Waals surface area contributed by atoms with Gasteiger partial charge in [0.1, 0.15) is 17.3 Å². The van der Waals surface area contributed by atoms with Gasteiger partial charge in [0.15, 0.2) is 0 Å². The summed E-state index contributed by atoms with van der Waals surface area (Å²) in [5.74, 6) is -3.30. The Labute approximate surface area is 135 Å². The fourth-order valence-corrected chi connectivity index (χ4v) is 2.27. The summed E-state index contributed by atoms with van der Waals surface area (Å²) in [7, 11) is 1.14. The Kier molecular flexibility index (Phi) is 5.17. The van der Waals surface area contributed by atoms with Crippen LogP contribution in [0.2, 0.25) is 5.02 Å². The van der Waals surface area contributed by atoms with Crippen LogP contribution in [0.4, 0.5) is 14.5 Å². The molecule has 0 unspecified atom stereocenters. The fraction of sp³-hybridized carbons (Fsp3) is 0.286. The van der Waals surface area contributed by atoms with Crippen LogP contribution in [0.15, 0.2) is 23.4 Å². The number of nitrogens with zero attached hydrogens (tertiary/aromatic N) is 1. The highest BCUT2D eigenvalue weighted by Gasteiger charge is 2.34. The molecule has 0 radical (unpaired) electrons. The van der Waals surface area contributed by atoms with Crippen LogP contribution >= 0.6 is 11.6 Å². The number of ether oxygens (including phenoxy) is 1. The molecule has 1 heterocycles. The number of β-amino-alcohol motifs (C(OH)–C–C–N with tert-alkyl or cyclic N) is 1. The molecule has 0 fully saturated rings. The normalized spacial score (nSPS) is 14.5. The third-order valence-corrected chi connectivity index (χ3v) is 3.51. The first-order valence-corrected chi connectivity index (χ1v) is 6.90. The predicted octanol–water partition coefficient (Wildman–Crippen LogP) is 1.29. The van der Waals surface area contributed by atoms with E-state index in [1.807, 2.05) is 0 Å². The number of benzene rings is 1. The van der Waals surface area contributed by atoms with E-state index in [4.69, 9.17) is 16.7 Å². The molecule has 1 amide bonds. The lowest BCUT2D eigenvalue weighted by atomic mass is 10.2.